The van der Waals surface area contributed by atoms with Gasteiger partial charge in [-0.3, -0.25) is 23.1 Å². The molecule has 10 heteroatoms. The zero-order chi connectivity index (χ0) is 29.5. The van der Waals surface area contributed by atoms with Crippen molar-refractivity contribution in [2.45, 2.75) is 33.4 Å². The standard InChI is InChI=1S/C32H26N4O5S/c1-3-14-35-25-13-11-21(17-24(25)30(38)36(32(35)41)18-23-12-10-19(2)42-23)28(37)29-33-27(26-9-4-5-15-34(26)29)20-7-6-8-22(16-20)31(39)40/h4-13,15-17H,3,14,18H2,1-2H3,(H,39,40). The van der Waals surface area contributed by atoms with Crippen molar-refractivity contribution in [1.29, 1.82) is 0 Å². The molecule has 210 valence electrons. The van der Waals surface area contributed by atoms with Crippen LogP contribution >= 0.6 is 11.3 Å². The van der Waals surface area contributed by atoms with Crippen molar-refractivity contribution in [3.63, 3.8) is 0 Å². The largest absolute Gasteiger partial charge is 0.478 e. The van der Waals surface area contributed by atoms with E-state index in [0.717, 1.165) is 9.75 Å². The minimum absolute atomic E-state index is 0.110. The van der Waals surface area contributed by atoms with Gasteiger partial charge in [-0.05, 0) is 67.9 Å². The normalized spacial score (nSPS) is 11.4. The third-order valence-corrected chi connectivity index (χ3v) is 8.16. The third-order valence-electron chi connectivity index (χ3n) is 7.18. The van der Waals surface area contributed by atoms with Crippen LogP contribution in [-0.4, -0.2) is 35.4 Å². The van der Waals surface area contributed by atoms with Crippen molar-refractivity contribution >= 4 is 39.5 Å². The van der Waals surface area contributed by atoms with Gasteiger partial charge in [-0.15, -0.1) is 11.3 Å². The summed E-state index contributed by atoms with van der Waals surface area (Å²) in [6, 6.07) is 20.5. The SMILES string of the molecule is CCCn1c(=O)n(Cc2ccc(C)s2)c(=O)c2cc(C(=O)c3nc(-c4cccc(C(=O)O)c4)c4ccccn34)ccc21. The molecular weight excluding hydrogens is 552 g/mol. The van der Waals surface area contributed by atoms with Gasteiger partial charge in [0.15, 0.2) is 5.82 Å². The topological polar surface area (TPSA) is 116 Å². The number of carboxylic acid groups (broad SMARTS) is 1. The molecule has 4 heterocycles. The molecule has 0 saturated carbocycles. The van der Waals surface area contributed by atoms with Crippen molar-refractivity contribution in [3.8, 4) is 11.3 Å². The van der Waals surface area contributed by atoms with Crippen LogP contribution in [0.3, 0.4) is 0 Å². The number of fused-ring (bicyclic) bond motifs is 2. The number of benzene rings is 2. The van der Waals surface area contributed by atoms with Crippen LogP contribution in [0, 0.1) is 6.92 Å². The monoisotopic (exact) mass is 578 g/mol. The number of nitrogens with zero attached hydrogens (tertiary/aromatic N) is 4. The van der Waals surface area contributed by atoms with Crippen molar-refractivity contribution in [3.05, 3.63) is 127 Å². The summed E-state index contributed by atoms with van der Waals surface area (Å²) in [6.07, 6.45) is 2.41. The highest BCUT2D eigenvalue weighted by Gasteiger charge is 2.22. The molecule has 6 aromatic rings. The summed E-state index contributed by atoms with van der Waals surface area (Å²) in [4.78, 5) is 59.2. The molecule has 6 rings (SSSR count). The molecule has 0 unspecified atom stereocenters. The quantitative estimate of drug-likeness (QED) is 0.247. The van der Waals surface area contributed by atoms with Crippen molar-refractivity contribution in [1.82, 2.24) is 18.5 Å². The van der Waals surface area contributed by atoms with Crippen LogP contribution in [0.15, 0.2) is 88.6 Å². The number of aromatic carboxylic acids is 1. The number of pyridine rings is 1. The molecule has 1 N–H and O–H groups in total. The van der Waals surface area contributed by atoms with E-state index >= 15 is 0 Å². The Morgan fingerprint density at radius 3 is 2.48 bits per heavy atom. The van der Waals surface area contributed by atoms with Crippen molar-refractivity contribution in [2.24, 2.45) is 0 Å². The number of hydrogen-bond donors (Lipinski definition) is 1. The average Bonchev–Trinajstić information content (AvgIpc) is 3.60. The maximum Gasteiger partial charge on any atom is 0.335 e. The summed E-state index contributed by atoms with van der Waals surface area (Å²) in [7, 11) is 0. The fourth-order valence-electron chi connectivity index (χ4n) is 5.21. The zero-order valence-corrected chi connectivity index (χ0v) is 23.7. The number of imidazole rings is 1. The first-order chi connectivity index (χ1) is 20.3. The number of rotatable bonds is 8. The first-order valence-corrected chi connectivity index (χ1v) is 14.3. The second-order valence-corrected chi connectivity index (χ2v) is 11.4. The van der Waals surface area contributed by atoms with Gasteiger partial charge in [0.25, 0.3) is 5.56 Å². The zero-order valence-electron chi connectivity index (χ0n) is 22.9. The van der Waals surface area contributed by atoms with Crippen molar-refractivity contribution in [2.75, 3.05) is 0 Å². The third kappa shape index (κ3) is 4.65. The summed E-state index contributed by atoms with van der Waals surface area (Å²) in [5, 5.41) is 9.74. The molecule has 0 aliphatic rings. The molecule has 0 atom stereocenters. The van der Waals surface area contributed by atoms with Gasteiger partial charge in [-0.25, -0.2) is 14.6 Å². The Balaban J connectivity index is 1.50. The molecule has 0 aliphatic heterocycles. The molecule has 0 radical (unpaired) electrons. The van der Waals surface area contributed by atoms with Crippen LogP contribution in [0.5, 0.6) is 0 Å². The fraction of sp³-hybridized carbons (Fsp3) is 0.156. The number of carbonyl (C=O) groups excluding carboxylic acids is 1. The van der Waals surface area contributed by atoms with E-state index in [9.17, 15) is 24.3 Å². The molecule has 2 aromatic carbocycles. The first kappa shape index (κ1) is 27.1. The van der Waals surface area contributed by atoms with Gasteiger partial charge in [0.05, 0.1) is 34.2 Å². The number of hydrogen-bond acceptors (Lipinski definition) is 6. The summed E-state index contributed by atoms with van der Waals surface area (Å²) in [6.45, 7) is 4.51. The van der Waals surface area contributed by atoms with Crippen LogP contribution in [0.4, 0.5) is 0 Å². The predicted molar refractivity (Wildman–Crippen MR) is 162 cm³/mol. The van der Waals surface area contributed by atoms with Crippen LogP contribution in [0.2, 0.25) is 0 Å². The Morgan fingerprint density at radius 1 is 0.905 bits per heavy atom. The van der Waals surface area contributed by atoms with Gasteiger partial charge in [-0.1, -0.05) is 25.1 Å². The second kappa shape index (κ2) is 10.7. The lowest BCUT2D eigenvalue weighted by Crippen LogP contribution is -2.40. The Kier molecular flexibility index (Phi) is 6.91. The summed E-state index contributed by atoms with van der Waals surface area (Å²) in [5.74, 6) is -1.35. The van der Waals surface area contributed by atoms with E-state index in [2.05, 4.69) is 4.98 Å². The summed E-state index contributed by atoms with van der Waals surface area (Å²) >= 11 is 1.53. The lowest BCUT2D eigenvalue weighted by molar-refractivity contribution is 0.0696. The van der Waals surface area contributed by atoms with Gasteiger partial charge < -0.3 is 5.11 Å². The van der Waals surface area contributed by atoms with Gasteiger partial charge in [-0.2, -0.15) is 0 Å². The highest BCUT2D eigenvalue weighted by molar-refractivity contribution is 7.11. The van der Waals surface area contributed by atoms with Crippen LogP contribution in [0.1, 0.15) is 49.6 Å². The average molecular weight is 579 g/mol. The molecule has 0 spiro atoms. The van der Waals surface area contributed by atoms with E-state index < -0.39 is 17.3 Å². The fourth-order valence-corrected chi connectivity index (χ4v) is 6.09. The number of aromatic nitrogens is 4. The molecule has 0 amide bonds. The Bertz CT molecular complexity index is 2150. The predicted octanol–water partition coefficient (Wildman–Crippen LogP) is 5.24. The van der Waals surface area contributed by atoms with E-state index in [-0.39, 0.29) is 34.6 Å². The van der Waals surface area contributed by atoms with Gasteiger partial charge in [0.1, 0.15) is 0 Å². The molecule has 0 fully saturated rings. The molecule has 4 aromatic heterocycles. The lowest BCUT2D eigenvalue weighted by atomic mass is 10.1. The number of thiophene rings is 1. The maximum absolute atomic E-state index is 13.9. The van der Waals surface area contributed by atoms with E-state index in [1.807, 2.05) is 32.0 Å². The van der Waals surface area contributed by atoms with Crippen molar-refractivity contribution < 1.29 is 14.7 Å². The Hall–Kier alpha value is -5.09. The summed E-state index contributed by atoms with van der Waals surface area (Å²) in [5.41, 5.74) is 1.66. The summed E-state index contributed by atoms with van der Waals surface area (Å²) < 4.78 is 4.48. The molecule has 0 saturated heterocycles. The van der Waals surface area contributed by atoms with E-state index in [1.54, 1.807) is 51.6 Å². The highest BCUT2D eigenvalue weighted by atomic mass is 32.1. The molecule has 9 nitrogen and oxygen atoms in total. The number of carboxylic acids is 1. The van der Waals surface area contributed by atoms with Gasteiger partial charge in [0, 0.05) is 33.6 Å². The van der Waals surface area contributed by atoms with Crippen LogP contribution in [0.25, 0.3) is 27.7 Å². The first-order valence-electron chi connectivity index (χ1n) is 13.4. The number of ketones is 1. The van der Waals surface area contributed by atoms with Crippen LogP contribution in [-0.2, 0) is 13.1 Å². The van der Waals surface area contributed by atoms with Gasteiger partial charge in [0.2, 0.25) is 5.78 Å². The van der Waals surface area contributed by atoms with E-state index in [1.165, 1.54) is 34.1 Å². The minimum atomic E-state index is -1.06. The lowest BCUT2D eigenvalue weighted by Gasteiger charge is -2.14. The van der Waals surface area contributed by atoms with Crippen LogP contribution < -0.4 is 11.2 Å². The Labute approximate surface area is 243 Å². The number of carbonyl (C=O) groups is 2. The maximum atomic E-state index is 13.9. The molecule has 42 heavy (non-hydrogen) atoms. The van der Waals surface area contributed by atoms with E-state index in [0.29, 0.717) is 35.3 Å². The van der Waals surface area contributed by atoms with E-state index in [4.69, 9.17) is 0 Å². The minimum Gasteiger partial charge on any atom is -0.478 e. The smallest absolute Gasteiger partial charge is 0.335 e. The molecule has 0 aliphatic carbocycles. The second-order valence-electron chi connectivity index (χ2n) is 10.0. The van der Waals surface area contributed by atoms with Gasteiger partial charge >= 0.3 is 11.7 Å². The number of aryl methyl sites for hydroxylation is 2. The molecule has 0 bridgehead atoms. The highest BCUT2D eigenvalue weighted by Crippen LogP contribution is 2.27. The Morgan fingerprint density at radius 2 is 1.74 bits per heavy atom. The molecular formula is C32H26N4O5S.